The highest BCUT2D eigenvalue weighted by atomic mass is 16.1. The van der Waals surface area contributed by atoms with Crippen molar-refractivity contribution in [2.75, 3.05) is 11.9 Å². The van der Waals surface area contributed by atoms with Gasteiger partial charge < -0.3 is 10.6 Å². The van der Waals surface area contributed by atoms with Gasteiger partial charge in [-0.05, 0) is 44.7 Å². The minimum atomic E-state index is 0.0240. The van der Waals surface area contributed by atoms with E-state index >= 15 is 0 Å². The third-order valence-corrected chi connectivity index (χ3v) is 3.30. The molecule has 2 N–H and O–H groups in total. The van der Waals surface area contributed by atoms with E-state index in [0.29, 0.717) is 11.6 Å². The number of aryl methyl sites for hydroxylation is 1. The lowest BCUT2D eigenvalue weighted by Gasteiger charge is -2.26. The molecule has 1 fully saturated rings. The normalized spacial score (nSPS) is 15.0. The average molecular weight is 247 g/mol. The molecule has 1 aliphatic rings. The summed E-state index contributed by atoms with van der Waals surface area (Å²) in [4.78, 5) is 16.6. The largest absolute Gasteiger partial charge is 0.370 e. The van der Waals surface area contributed by atoms with Gasteiger partial charge in [0, 0.05) is 23.8 Å². The number of anilines is 1. The summed E-state index contributed by atoms with van der Waals surface area (Å²) in [5.74, 6) is 0.812. The van der Waals surface area contributed by atoms with Crippen molar-refractivity contribution in [2.24, 2.45) is 0 Å². The van der Waals surface area contributed by atoms with Gasteiger partial charge in [-0.2, -0.15) is 0 Å². The molecule has 98 valence electrons. The number of aromatic nitrogens is 1. The molecule has 1 aromatic rings. The number of carbonyl (C=O) groups is 1. The van der Waals surface area contributed by atoms with Gasteiger partial charge in [-0.3, -0.25) is 4.79 Å². The number of hydrogen-bond acceptors (Lipinski definition) is 3. The zero-order valence-corrected chi connectivity index (χ0v) is 11.1. The van der Waals surface area contributed by atoms with Crippen LogP contribution < -0.4 is 10.6 Å². The topological polar surface area (TPSA) is 54.0 Å². The second kappa shape index (κ2) is 5.85. The van der Waals surface area contributed by atoms with Crippen LogP contribution in [0, 0.1) is 0 Å². The highest BCUT2D eigenvalue weighted by molar-refractivity contribution is 5.95. The smallest absolute Gasteiger partial charge is 0.251 e. The first-order valence-electron chi connectivity index (χ1n) is 6.78. The Hall–Kier alpha value is -1.58. The summed E-state index contributed by atoms with van der Waals surface area (Å²) in [6.07, 6.45) is 4.28. The molecule has 4 nitrogen and oxygen atoms in total. The number of rotatable bonds is 5. The summed E-state index contributed by atoms with van der Waals surface area (Å²) in [6.45, 7) is 4.88. The van der Waals surface area contributed by atoms with Crippen molar-refractivity contribution in [3.8, 4) is 0 Å². The number of hydrogen-bond donors (Lipinski definition) is 2. The molecule has 1 aliphatic carbocycles. The quantitative estimate of drug-likeness (QED) is 0.839. The molecule has 1 heterocycles. The van der Waals surface area contributed by atoms with E-state index in [1.54, 1.807) is 0 Å². The van der Waals surface area contributed by atoms with Crippen LogP contribution in [0.2, 0.25) is 0 Å². The molecule has 1 aromatic heterocycles. The summed E-state index contributed by atoms with van der Waals surface area (Å²) in [5, 5.41) is 6.23. The van der Waals surface area contributed by atoms with E-state index in [1.807, 2.05) is 26.0 Å². The predicted octanol–water partition coefficient (Wildman–Crippen LogP) is 2.36. The van der Waals surface area contributed by atoms with Crippen LogP contribution >= 0.6 is 0 Å². The number of carbonyl (C=O) groups excluding carboxylic acids is 1. The van der Waals surface area contributed by atoms with E-state index in [0.717, 1.165) is 37.3 Å². The fourth-order valence-corrected chi connectivity index (χ4v) is 1.99. The van der Waals surface area contributed by atoms with E-state index in [9.17, 15) is 4.79 Å². The van der Waals surface area contributed by atoms with Crippen molar-refractivity contribution in [3.05, 3.63) is 23.4 Å². The zero-order valence-electron chi connectivity index (χ0n) is 11.1. The molecule has 0 spiro atoms. The molecule has 4 heteroatoms. The summed E-state index contributed by atoms with van der Waals surface area (Å²) in [5.41, 5.74) is 1.66. The van der Waals surface area contributed by atoms with Crippen molar-refractivity contribution < 1.29 is 4.79 Å². The maximum absolute atomic E-state index is 12.1. The first kappa shape index (κ1) is 12.9. The van der Waals surface area contributed by atoms with Gasteiger partial charge in [0.1, 0.15) is 5.82 Å². The van der Waals surface area contributed by atoms with Crippen LogP contribution in [0.5, 0.6) is 0 Å². The molecule has 0 unspecified atom stereocenters. The average Bonchev–Trinajstić information content (AvgIpc) is 2.33. The molecule has 0 atom stereocenters. The van der Waals surface area contributed by atoms with Gasteiger partial charge in [0.2, 0.25) is 0 Å². The Morgan fingerprint density at radius 3 is 2.72 bits per heavy atom. The van der Waals surface area contributed by atoms with Crippen LogP contribution in [0.1, 0.15) is 49.2 Å². The van der Waals surface area contributed by atoms with Gasteiger partial charge in [-0.15, -0.1) is 0 Å². The molecule has 1 saturated carbocycles. The molecule has 18 heavy (non-hydrogen) atoms. The van der Waals surface area contributed by atoms with E-state index in [1.165, 1.54) is 6.42 Å². The van der Waals surface area contributed by atoms with Crippen LogP contribution in [0.3, 0.4) is 0 Å². The molecular weight excluding hydrogens is 226 g/mol. The van der Waals surface area contributed by atoms with Crippen LogP contribution in [0.25, 0.3) is 0 Å². The third kappa shape index (κ3) is 3.00. The lowest BCUT2D eigenvalue weighted by Crippen LogP contribution is -2.39. The Morgan fingerprint density at radius 2 is 2.17 bits per heavy atom. The molecular formula is C14H21N3O. The monoisotopic (exact) mass is 247 g/mol. The molecule has 0 aromatic carbocycles. The molecule has 0 radical (unpaired) electrons. The summed E-state index contributed by atoms with van der Waals surface area (Å²) in [6, 6.07) is 4.09. The van der Waals surface area contributed by atoms with Gasteiger partial charge in [0.05, 0.1) is 0 Å². The predicted molar refractivity (Wildman–Crippen MR) is 72.9 cm³/mol. The Labute approximate surface area is 108 Å². The molecule has 2 rings (SSSR count). The van der Waals surface area contributed by atoms with Crippen LogP contribution in [-0.4, -0.2) is 23.5 Å². The molecule has 0 aliphatic heterocycles. The summed E-state index contributed by atoms with van der Waals surface area (Å²) >= 11 is 0. The molecule has 0 saturated heterocycles. The van der Waals surface area contributed by atoms with Gasteiger partial charge in [0.15, 0.2) is 0 Å². The maximum atomic E-state index is 12.1. The number of nitrogens with zero attached hydrogens (tertiary/aromatic N) is 1. The Balaban J connectivity index is 2.13. The second-order valence-electron chi connectivity index (χ2n) is 4.72. The third-order valence-electron chi connectivity index (χ3n) is 3.30. The Bertz CT molecular complexity index is 427. The van der Waals surface area contributed by atoms with Gasteiger partial charge in [-0.1, -0.05) is 6.92 Å². The fourth-order valence-electron chi connectivity index (χ4n) is 1.99. The minimum absolute atomic E-state index is 0.0240. The van der Waals surface area contributed by atoms with E-state index in [-0.39, 0.29) is 5.91 Å². The first-order chi connectivity index (χ1) is 8.72. The highest BCUT2D eigenvalue weighted by Gasteiger charge is 2.20. The van der Waals surface area contributed by atoms with E-state index in [2.05, 4.69) is 15.6 Å². The molecule has 1 amide bonds. The number of nitrogens with one attached hydrogen (secondary N) is 2. The fraction of sp³-hybridized carbons (Fsp3) is 0.571. The summed E-state index contributed by atoms with van der Waals surface area (Å²) < 4.78 is 0. The van der Waals surface area contributed by atoms with Gasteiger partial charge >= 0.3 is 0 Å². The lowest BCUT2D eigenvalue weighted by molar-refractivity contribution is 0.0917. The van der Waals surface area contributed by atoms with Crippen molar-refractivity contribution in [3.63, 3.8) is 0 Å². The van der Waals surface area contributed by atoms with Crippen molar-refractivity contribution in [2.45, 2.75) is 45.6 Å². The Morgan fingerprint density at radius 1 is 1.39 bits per heavy atom. The van der Waals surface area contributed by atoms with Crippen LogP contribution in [0.15, 0.2) is 12.1 Å². The lowest BCUT2D eigenvalue weighted by atomic mass is 9.93. The second-order valence-corrected chi connectivity index (χ2v) is 4.72. The number of pyridine rings is 1. The standard InChI is InChI=1S/C14H21N3O/c1-3-11-8-10(9-13(16-11)15-4-2)14(18)17-12-6-5-7-12/h8-9,12H,3-7H2,1-2H3,(H,15,16)(H,17,18). The van der Waals surface area contributed by atoms with Gasteiger partial charge in [0.25, 0.3) is 5.91 Å². The van der Waals surface area contributed by atoms with Crippen molar-refractivity contribution >= 4 is 11.7 Å². The highest BCUT2D eigenvalue weighted by Crippen LogP contribution is 2.19. The molecule has 0 bridgehead atoms. The van der Waals surface area contributed by atoms with Crippen molar-refractivity contribution in [1.29, 1.82) is 0 Å². The summed E-state index contributed by atoms with van der Waals surface area (Å²) in [7, 11) is 0. The van der Waals surface area contributed by atoms with E-state index < -0.39 is 0 Å². The van der Waals surface area contributed by atoms with Crippen LogP contribution in [-0.2, 0) is 6.42 Å². The van der Waals surface area contributed by atoms with Crippen molar-refractivity contribution in [1.82, 2.24) is 10.3 Å². The Kier molecular flexibility index (Phi) is 4.18. The van der Waals surface area contributed by atoms with Crippen LogP contribution in [0.4, 0.5) is 5.82 Å². The maximum Gasteiger partial charge on any atom is 0.251 e. The van der Waals surface area contributed by atoms with Gasteiger partial charge in [-0.25, -0.2) is 4.98 Å². The minimum Gasteiger partial charge on any atom is -0.370 e. The van der Waals surface area contributed by atoms with E-state index in [4.69, 9.17) is 0 Å². The zero-order chi connectivity index (χ0) is 13.0. The SMILES string of the molecule is CCNc1cc(C(=O)NC2CCC2)cc(CC)n1. The first-order valence-corrected chi connectivity index (χ1v) is 6.78. The number of amides is 1.